The number of hydrogen-bond donors (Lipinski definition) is 0. The van der Waals surface area contributed by atoms with Crippen molar-refractivity contribution in [3.8, 4) is 6.07 Å². The molecule has 0 spiro atoms. The third-order valence-corrected chi connectivity index (χ3v) is 2.61. The van der Waals surface area contributed by atoms with Crippen molar-refractivity contribution in [3.05, 3.63) is 29.3 Å². The van der Waals surface area contributed by atoms with Crippen molar-refractivity contribution in [1.29, 1.82) is 5.26 Å². The molecular weight excluding hydrogens is 166 g/mol. The minimum Gasteiger partial charge on any atom is -0.192 e. The maximum Gasteiger partial charge on any atom is 0.101 e. The van der Waals surface area contributed by atoms with Gasteiger partial charge in [-0.2, -0.15) is 5.26 Å². The summed E-state index contributed by atoms with van der Waals surface area (Å²) in [4.78, 5) is 1.08. The van der Waals surface area contributed by atoms with Crippen molar-refractivity contribution in [2.24, 2.45) is 0 Å². The number of benzene rings is 1. The maximum atomic E-state index is 8.90. The van der Waals surface area contributed by atoms with E-state index in [0.29, 0.717) is 0 Å². The summed E-state index contributed by atoms with van der Waals surface area (Å²) in [6, 6.07) is 8.25. The van der Waals surface area contributed by atoms with Crippen molar-refractivity contribution in [3.63, 3.8) is 0 Å². The Balaban J connectivity index is 3.25. The third kappa shape index (κ3) is 1.62. The monoisotopic (exact) mass is 177 g/mol. The second-order valence-corrected chi connectivity index (χ2v) is 3.31. The summed E-state index contributed by atoms with van der Waals surface area (Å²) >= 11 is 1.63. The molecule has 1 aromatic rings. The zero-order valence-corrected chi connectivity index (χ0v) is 8.11. The first kappa shape index (κ1) is 9.15. The van der Waals surface area contributed by atoms with Crippen LogP contribution in [0.5, 0.6) is 0 Å². The number of rotatable bonds is 2. The van der Waals surface area contributed by atoms with E-state index in [4.69, 9.17) is 5.26 Å². The fraction of sp³-hybridized carbons (Fsp3) is 0.300. The highest BCUT2D eigenvalue weighted by atomic mass is 32.2. The predicted molar refractivity (Wildman–Crippen MR) is 52.3 cm³/mol. The van der Waals surface area contributed by atoms with Crippen molar-refractivity contribution in [2.45, 2.75) is 18.2 Å². The van der Waals surface area contributed by atoms with Crippen LogP contribution in [0.2, 0.25) is 0 Å². The van der Waals surface area contributed by atoms with Gasteiger partial charge in [-0.1, -0.05) is 19.1 Å². The largest absolute Gasteiger partial charge is 0.192 e. The van der Waals surface area contributed by atoms with Gasteiger partial charge >= 0.3 is 0 Å². The standard InChI is InChI=1S/C10H11NS/c1-3-8-5-4-6-10(12-2)9(8)7-11/h4-6H,3H2,1-2H3. The summed E-state index contributed by atoms with van der Waals surface area (Å²) in [7, 11) is 0. The molecule has 0 N–H and O–H groups in total. The SMILES string of the molecule is CCc1cccc(SC)c1C#N. The van der Waals surface area contributed by atoms with Gasteiger partial charge in [-0.25, -0.2) is 0 Å². The van der Waals surface area contributed by atoms with E-state index in [0.717, 1.165) is 22.4 Å². The van der Waals surface area contributed by atoms with Gasteiger partial charge < -0.3 is 0 Å². The molecule has 0 aromatic heterocycles. The molecule has 12 heavy (non-hydrogen) atoms. The van der Waals surface area contributed by atoms with Crippen LogP contribution < -0.4 is 0 Å². The summed E-state index contributed by atoms with van der Waals surface area (Å²) in [5, 5.41) is 8.90. The molecule has 2 heteroatoms. The molecule has 1 nitrogen and oxygen atoms in total. The van der Waals surface area contributed by atoms with Gasteiger partial charge in [-0.3, -0.25) is 0 Å². The molecule has 0 aliphatic carbocycles. The van der Waals surface area contributed by atoms with Crippen LogP contribution in [-0.2, 0) is 6.42 Å². The Morgan fingerprint density at radius 1 is 1.50 bits per heavy atom. The summed E-state index contributed by atoms with van der Waals surface area (Å²) in [5.74, 6) is 0. The van der Waals surface area contributed by atoms with E-state index < -0.39 is 0 Å². The van der Waals surface area contributed by atoms with Gasteiger partial charge in [-0.05, 0) is 24.3 Å². The maximum absolute atomic E-state index is 8.90. The lowest BCUT2D eigenvalue weighted by Gasteiger charge is -2.03. The molecule has 0 saturated carbocycles. The van der Waals surface area contributed by atoms with E-state index in [-0.39, 0.29) is 0 Å². The molecule has 0 aliphatic rings. The van der Waals surface area contributed by atoms with E-state index in [1.807, 2.05) is 24.5 Å². The van der Waals surface area contributed by atoms with Crippen LogP contribution in [0.1, 0.15) is 18.1 Å². The van der Waals surface area contributed by atoms with Crippen LogP contribution in [0.3, 0.4) is 0 Å². The third-order valence-electron chi connectivity index (χ3n) is 1.83. The fourth-order valence-electron chi connectivity index (χ4n) is 1.17. The van der Waals surface area contributed by atoms with Crippen molar-refractivity contribution in [1.82, 2.24) is 0 Å². The fourth-order valence-corrected chi connectivity index (χ4v) is 1.76. The molecule has 62 valence electrons. The first-order valence-corrected chi connectivity index (χ1v) is 5.12. The number of nitrogens with zero attached hydrogens (tertiary/aromatic N) is 1. The van der Waals surface area contributed by atoms with Gasteiger partial charge in [0.25, 0.3) is 0 Å². The van der Waals surface area contributed by atoms with Crippen LogP contribution in [0, 0.1) is 11.3 Å². The second kappa shape index (κ2) is 4.18. The molecule has 0 fully saturated rings. The first-order valence-electron chi connectivity index (χ1n) is 3.89. The molecule has 0 atom stereocenters. The smallest absolute Gasteiger partial charge is 0.101 e. The van der Waals surface area contributed by atoms with Crippen molar-refractivity contribution in [2.75, 3.05) is 6.26 Å². The number of hydrogen-bond acceptors (Lipinski definition) is 2. The van der Waals surface area contributed by atoms with Crippen LogP contribution in [0.25, 0.3) is 0 Å². The number of thioether (sulfide) groups is 1. The molecule has 0 aliphatic heterocycles. The Morgan fingerprint density at radius 2 is 2.25 bits per heavy atom. The summed E-state index contributed by atoms with van der Waals surface area (Å²) in [5.41, 5.74) is 1.98. The van der Waals surface area contributed by atoms with Gasteiger partial charge in [-0.15, -0.1) is 11.8 Å². The zero-order chi connectivity index (χ0) is 8.97. The molecule has 0 radical (unpaired) electrons. The zero-order valence-electron chi connectivity index (χ0n) is 7.29. The van der Waals surface area contributed by atoms with Gasteiger partial charge in [0.15, 0.2) is 0 Å². The Labute approximate surface area is 77.4 Å². The van der Waals surface area contributed by atoms with E-state index in [1.165, 1.54) is 0 Å². The summed E-state index contributed by atoms with van der Waals surface area (Å²) in [6.45, 7) is 2.07. The van der Waals surface area contributed by atoms with Crippen molar-refractivity contribution < 1.29 is 0 Å². The lowest BCUT2D eigenvalue weighted by Crippen LogP contribution is -1.89. The van der Waals surface area contributed by atoms with Gasteiger partial charge in [0.1, 0.15) is 6.07 Å². The van der Waals surface area contributed by atoms with E-state index in [9.17, 15) is 0 Å². The van der Waals surface area contributed by atoms with Crippen LogP contribution in [-0.4, -0.2) is 6.26 Å². The molecule has 0 bridgehead atoms. The topological polar surface area (TPSA) is 23.8 Å². The minimum atomic E-state index is 0.840. The minimum absolute atomic E-state index is 0.840. The van der Waals surface area contributed by atoms with Crippen molar-refractivity contribution >= 4 is 11.8 Å². The van der Waals surface area contributed by atoms with Crippen LogP contribution in [0.15, 0.2) is 23.1 Å². The van der Waals surface area contributed by atoms with Gasteiger partial charge in [0.05, 0.1) is 5.56 Å². The highest BCUT2D eigenvalue weighted by molar-refractivity contribution is 7.98. The van der Waals surface area contributed by atoms with Gasteiger partial charge in [0.2, 0.25) is 0 Å². The Morgan fingerprint density at radius 3 is 2.75 bits per heavy atom. The van der Waals surface area contributed by atoms with E-state index >= 15 is 0 Å². The molecule has 1 aromatic carbocycles. The highest BCUT2D eigenvalue weighted by Crippen LogP contribution is 2.22. The van der Waals surface area contributed by atoms with Gasteiger partial charge in [0, 0.05) is 4.90 Å². The number of nitriles is 1. The molecule has 0 amide bonds. The summed E-state index contributed by atoms with van der Waals surface area (Å²) in [6.07, 6.45) is 2.92. The lowest BCUT2D eigenvalue weighted by molar-refractivity contribution is 1.11. The average molecular weight is 177 g/mol. The Hall–Kier alpha value is -0.940. The molecule has 0 unspecified atom stereocenters. The quantitative estimate of drug-likeness (QED) is 0.648. The summed E-state index contributed by atoms with van der Waals surface area (Å²) < 4.78 is 0. The molecular formula is C10H11NS. The van der Waals surface area contributed by atoms with Crippen LogP contribution in [0.4, 0.5) is 0 Å². The van der Waals surface area contributed by atoms with E-state index in [1.54, 1.807) is 11.8 Å². The molecule has 0 heterocycles. The second-order valence-electron chi connectivity index (χ2n) is 2.46. The lowest BCUT2D eigenvalue weighted by atomic mass is 10.1. The van der Waals surface area contributed by atoms with Crippen LogP contribution >= 0.6 is 11.8 Å². The molecule has 1 rings (SSSR count). The Kier molecular flexibility index (Phi) is 3.19. The first-order chi connectivity index (χ1) is 5.83. The predicted octanol–water partition coefficient (Wildman–Crippen LogP) is 2.84. The normalized spacial score (nSPS) is 9.42. The van der Waals surface area contributed by atoms with E-state index in [2.05, 4.69) is 13.0 Å². The number of aryl methyl sites for hydroxylation is 1. The Bertz CT molecular complexity index is 290. The average Bonchev–Trinajstić information content (AvgIpc) is 2.16. The molecule has 0 saturated heterocycles. The highest BCUT2D eigenvalue weighted by Gasteiger charge is 2.04.